The third kappa shape index (κ3) is 7.18. The molecule has 3 heterocycles. The van der Waals surface area contributed by atoms with Gasteiger partial charge in [0, 0.05) is 18.7 Å². The van der Waals surface area contributed by atoms with Crippen LogP contribution in [0.25, 0.3) is 11.4 Å². The molecule has 1 atom stereocenters. The molecule has 1 unspecified atom stereocenters. The van der Waals surface area contributed by atoms with E-state index >= 15 is 0 Å². The van der Waals surface area contributed by atoms with Crippen LogP contribution in [0.15, 0.2) is 22.7 Å². The Labute approximate surface area is 208 Å². The number of methoxy groups -OCH3 is 2. The molecule has 4 rings (SSSR count). The first kappa shape index (κ1) is 25.4. The number of likely N-dealkylation sites (tertiary alicyclic amines) is 2. The lowest BCUT2D eigenvalue weighted by atomic mass is 9.97. The van der Waals surface area contributed by atoms with Crippen molar-refractivity contribution in [1.29, 1.82) is 0 Å². The predicted octanol–water partition coefficient (Wildman–Crippen LogP) is 3.35. The van der Waals surface area contributed by atoms with E-state index in [2.05, 4.69) is 25.3 Å². The van der Waals surface area contributed by atoms with E-state index in [1.807, 2.05) is 18.2 Å². The lowest BCUT2D eigenvalue weighted by Crippen LogP contribution is -2.43. The molecule has 1 aromatic carbocycles. The summed E-state index contributed by atoms with van der Waals surface area (Å²) >= 11 is 0. The summed E-state index contributed by atoms with van der Waals surface area (Å²) in [7, 11) is 3.20. The van der Waals surface area contributed by atoms with Gasteiger partial charge in [-0.15, -0.1) is 0 Å². The largest absolute Gasteiger partial charge is 0.493 e. The number of carbonyl (C=O) groups excluding carboxylic acids is 1. The third-order valence-corrected chi connectivity index (χ3v) is 6.99. The van der Waals surface area contributed by atoms with Crippen molar-refractivity contribution in [1.82, 2.24) is 25.3 Å². The molecule has 192 valence electrons. The molecule has 0 saturated carbocycles. The van der Waals surface area contributed by atoms with E-state index in [-0.39, 0.29) is 11.8 Å². The van der Waals surface area contributed by atoms with Gasteiger partial charge in [-0.25, -0.2) is 0 Å². The minimum atomic E-state index is 0.00942. The zero-order valence-corrected chi connectivity index (χ0v) is 21.1. The molecule has 35 heavy (non-hydrogen) atoms. The van der Waals surface area contributed by atoms with Crippen molar-refractivity contribution in [3.8, 4) is 22.9 Å². The number of benzene rings is 1. The topological polar surface area (TPSA) is 93.0 Å². The SMILES string of the molecule is COc1ccc(-c2noc(CN3CCCC(C(=O)NCCCN4CCCCCC4)C3)n2)cc1OC. The quantitative estimate of drug-likeness (QED) is 0.512. The molecule has 9 nitrogen and oxygen atoms in total. The Balaban J connectivity index is 1.23. The Bertz CT molecular complexity index is 942. The van der Waals surface area contributed by atoms with Gasteiger partial charge in [-0.3, -0.25) is 9.69 Å². The second-order valence-corrected chi connectivity index (χ2v) is 9.56. The predicted molar refractivity (Wildman–Crippen MR) is 133 cm³/mol. The average molecular weight is 486 g/mol. The van der Waals surface area contributed by atoms with Crippen LogP contribution in [-0.2, 0) is 11.3 Å². The fourth-order valence-electron chi connectivity index (χ4n) is 5.03. The lowest BCUT2D eigenvalue weighted by molar-refractivity contribution is -0.126. The van der Waals surface area contributed by atoms with Crippen molar-refractivity contribution in [3.05, 3.63) is 24.1 Å². The Morgan fingerprint density at radius 2 is 1.83 bits per heavy atom. The zero-order valence-electron chi connectivity index (χ0n) is 21.1. The highest BCUT2D eigenvalue weighted by Gasteiger charge is 2.27. The maximum Gasteiger partial charge on any atom is 0.241 e. The number of hydrogen-bond donors (Lipinski definition) is 1. The maximum atomic E-state index is 12.8. The number of amides is 1. The number of ether oxygens (including phenoxy) is 2. The van der Waals surface area contributed by atoms with Crippen LogP contribution in [0.3, 0.4) is 0 Å². The van der Waals surface area contributed by atoms with Crippen LogP contribution in [0.2, 0.25) is 0 Å². The first-order valence-electron chi connectivity index (χ1n) is 12.9. The number of rotatable bonds is 10. The molecule has 2 aliphatic rings. The summed E-state index contributed by atoms with van der Waals surface area (Å²) in [6.07, 6.45) is 8.25. The Morgan fingerprint density at radius 1 is 1.06 bits per heavy atom. The van der Waals surface area contributed by atoms with E-state index in [0.717, 1.165) is 44.5 Å². The summed E-state index contributed by atoms with van der Waals surface area (Å²) in [5, 5.41) is 7.31. The van der Waals surface area contributed by atoms with Gasteiger partial charge in [-0.1, -0.05) is 18.0 Å². The normalized spacial score (nSPS) is 19.8. The van der Waals surface area contributed by atoms with Crippen molar-refractivity contribution in [3.63, 3.8) is 0 Å². The van der Waals surface area contributed by atoms with Crippen LogP contribution >= 0.6 is 0 Å². The standard InChI is InChI=1S/C26H39N5O4/c1-33-22-11-10-20(17-23(22)34-2)25-28-24(35-29-25)19-31-15-7-9-21(18-31)26(32)27-12-8-16-30-13-5-3-4-6-14-30/h10-11,17,21H,3-9,12-16,18-19H2,1-2H3,(H,27,32). The van der Waals surface area contributed by atoms with Crippen LogP contribution in [0, 0.1) is 5.92 Å². The monoisotopic (exact) mass is 485 g/mol. The van der Waals surface area contributed by atoms with Crippen molar-refractivity contribution in [2.75, 3.05) is 53.5 Å². The van der Waals surface area contributed by atoms with E-state index in [0.29, 0.717) is 36.3 Å². The van der Waals surface area contributed by atoms with Crippen LogP contribution < -0.4 is 14.8 Å². The molecule has 0 bridgehead atoms. The molecule has 2 aliphatic heterocycles. The summed E-state index contributed by atoms with van der Waals surface area (Å²) in [5.74, 6) is 2.51. The lowest BCUT2D eigenvalue weighted by Gasteiger charge is -2.31. The highest BCUT2D eigenvalue weighted by atomic mass is 16.5. The van der Waals surface area contributed by atoms with Crippen molar-refractivity contribution in [2.24, 2.45) is 5.92 Å². The molecule has 0 aliphatic carbocycles. The molecular formula is C26H39N5O4. The second kappa shape index (κ2) is 12.9. The molecule has 1 aromatic heterocycles. The van der Waals surface area contributed by atoms with Gasteiger partial charge in [0.15, 0.2) is 11.5 Å². The van der Waals surface area contributed by atoms with E-state index in [4.69, 9.17) is 14.0 Å². The van der Waals surface area contributed by atoms with Crippen molar-refractivity contribution >= 4 is 5.91 Å². The fraction of sp³-hybridized carbons (Fsp3) is 0.654. The summed E-state index contributed by atoms with van der Waals surface area (Å²) in [5.41, 5.74) is 0.800. The second-order valence-electron chi connectivity index (χ2n) is 9.56. The number of piperidine rings is 1. The Morgan fingerprint density at radius 3 is 2.60 bits per heavy atom. The molecule has 0 radical (unpaired) electrons. The first-order valence-corrected chi connectivity index (χ1v) is 12.9. The van der Waals surface area contributed by atoms with E-state index in [9.17, 15) is 4.79 Å². The number of carbonyl (C=O) groups is 1. The van der Waals surface area contributed by atoms with E-state index in [1.54, 1.807) is 14.2 Å². The van der Waals surface area contributed by atoms with E-state index < -0.39 is 0 Å². The van der Waals surface area contributed by atoms with E-state index in [1.165, 1.54) is 38.8 Å². The molecular weight excluding hydrogens is 446 g/mol. The van der Waals surface area contributed by atoms with Crippen molar-refractivity contribution < 1.29 is 18.8 Å². The Hall–Kier alpha value is -2.65. The molecule has 2 saturated heterocycles. The van der Waals surface area contributed by atoms with Crippen molar-refractivity contribution in [2.45, 2.75) is 51.5 Å². The summed E-state index contributed by atoms with van der Waals surface area (Å²) < 4.78 is 16.2. The van der Waals surface area contributed by atoms with Crippen LogP contribution in [0.5, 0.6) is 11.5 Å². The molecule has 2 fully saturated rings. The van der Waals surface area contributed by atoms with Gasteiger partial charge < -0.3 is 24.2 Å². The summed E-state index contributed by atoms with van der Waals surface area (Å²) in [6, 6.07) is 5.54. The fourth-order valence-corrected chi connectivity index (χ4v) is 5.03. The van der Waals surface area contributed by atoms with Gasteiger partial charge in [0.25, 0.3) is 0 Å². The number of nitrogens with zero attached hydrogens (tertiary/aromatic N) is 4. The van der Waals surface area contributed by atoms with Gasteiger partial charge in [-0.2, -0.15) is 4.98 Å². The Kier molecular flexibility index (Phi) is 9.36. The summed E-state index contributed by atoms with van der Waals surface area (Å²) in [6.45, 7) is 6.42. The highest BCUT2D eigenvalue weighted by molar-refractivity contribution is 5.78. The number of aromatic nitrogens is 2. The van der Waals surface area contributed by atoms with Gasteiger partial charge in [0.05, 0.1) is 26.7 Å². The first-order chi connectivity index (χ1) is 17.2. The van der Waals surface area contributed by atoms with Gasteiger partial charge >= 0.3 is 0 Å². The van der Waals surface area contributed by atoms with Gasteiger partial charge in [0.2, 0.25) is 17.6 Å². The smallest absolute Gasteiger partial charge is 0.241 e. The molecule has 1 N–H and O–H groups in total. The average Bonchev–Trinajstić information content (AvgIpc) is 3.19. The van der Waals surface area contributed by atoms with Gasteiger partial charge in [-0.05, 0) is 76.5 Å². The number of nitrogens with one attached hydrogen (secondary N) is 1. The summed E-state index contributed by atoms with van der Waals surface area (Å²) in [4.78, 5) is 22.1. The molecule has 9 heteroatoms. The highest BCUT2D eigenvalue weighted by Crippen LogP contribution is 2.31. The van der Waals surface area contributed by atoms with Crippen LogP contribution in [0.1, 0.15) is 50.8 Å². The van der Waals surface area contributed by atoms with Crippen LogP contribution in [0.4, 0.5) is 0 Å². The molecule has 1 amide bonds. The third-order valence-electron chi connectivity index (χ3n) is 6.99. The maximum absolute atomic E-state index is 12.8. The zero-order chi connectivity index (χ0) is 24.5. The van der Waals surface area contributed by atoms with Crippen LogP contribution in [-0.4, -0.2) is 79.3 Å². The molecule has 2 aromatic rings. The number of hydrogen-bond acceptors (Lipinski definition) is 8. The minimum absolute atomic E-state index is 0.00942. The minimum Gasteiger partial charge on any atom is -0.493 e. The molecule has 0 spiro atoms. The van der Waals surface area contributed by atoms with Gasteiger partial charge in [0.1, 0.15) is 0 Å².